The quantitative estimate of drug-likeness (QED) is 0.747. The molecule has 2 aromatic carbocycles. The summed E-state index contributed by atoms with van der Waals surface area (Å²) in [5.74, 6) is -0.116. The molecule has 1 unspecified atom stereocenters. The zero-order chi connectivity index (χ0) is 16.4. The molecule has 0 radical (unpaired) electrons. The van der Waals surface area contributed by atoms with Gasteiger partial charge in [-0.1, -0.05) is 60.2 Å². The van der Waals surface area contributed by atoms with E-state index in [9.17, 15) is 5.26 Å². The van der Waals surface area contributed by atoms with E-state index in [1.807, 2.05) is 12.1 Å². The number of allylic oxidation sites excluding steroid dienone is 3. The fraction of sp³-hybridized carbons (Fsp3) is 0.227. The summed E-state index contributed by atoms with van der Waals surface area (Å²) in [6.45, 7) is 2.11. The summed E-state index contributed by atoms with van der Waals surface area (Å²) >= 11 is 0. The lowest BCUT2D eigenvalue weighted by Crippen LogP contribution is -2.30. The molecule has 4 rings (SSSR count). The molecule has 1 saturated heterocycles. The lowest BCUT2D eigenvalue weighted by atomic mass is 9.82. The third kappa shape index (κ3) is 2.63. The normalized spacial score (nSPS) is 19.8. The van der Waals surface area contributed by atoms with Crippen LogP contribution in [0.4, 0.5) is 5.69 Å². The third-order valence-electron chi connectivity index (χ3n) is 5.05. The fourth-order valence-corrected chi connectivity index (χ4v) is 3.76. The van der Waals surface area contributed by atoms with E-state index in [1.54, 1.807) is 0 Å². The monoisotopic (exact) mass is 312 g/mol. The van der Waals surface area contributed by atoms with Gasteiger partial charge in [0.25, 0.3) is 0 Å². The molecule has 0 N–H and O–H groups in total. The van der Waals surface area contributed by atoms with Gasteiger partial charge in [0.15, 0.2) is 0 Å². The zero-order valence-corrected chi connectivity index (χ0v) is 13.7. The Balaban J connectivity index is 1.62. The molecular formula is C22H20N2. The van der Waals surface area contributed by atoms with Gasteiger partial charge in [0, 0.05) is 18.8 Å². The van der Waals surface area contributed by atoms with Crippen molar-refractivity contribution in [3.8, 4) is 6.07 Å². The van der Waals surface area contributed by atoms with Crippen molar-refractivity contribution in [2.24, 2.45) is 0 Å². The molecule has 2 heteroatoms. The molecule has 0 aromatic heterocycles. The van der Waals surface area contributed by atoms with Gasteiger partial charge in [-0.05, 0) is 41.7 Å². The number of rotatable bonds is 1. The Hall–Kier alpha value is -2.79. The summed E-state index contributed by atoms with van der Waals surface area (Å²) in [7, 11) is 0. The Morgan fingerprint density at radius 2 is 1.62 bits per heavy atom. The van der Waals surface area contributed by atoms with Crippen LogP contribution < -0.4 is 4.90 Å². The second-order valence-corrected chi connectivity index (χ2v) is 6.39. The predicted molar refractivity (Wildman–Crippen MR) is 98.7 cm³/mol. The van der Waals surface area contributed by atoms with E-state index in [2.05, 4.69) is 65.6 Å². The molecule has 1 atom stereocenters. The maximum Gasteiger partial charge on any atom is 0.0902 e. The van der Waals surface area contributed by atoms with Crippen LogP contribution in [0.25, 0.3) is 5.57 Å². The highest BCUT2D eigenvalue weighted by Gasteiger charge is 2.22. The van der Waals surface area contributed by atoms with Gasteiger partial charge in [0.1, 0.15) is 0 Å². The SMILES string of the molecule is N#CC1C=CC(=C2CCN(c3ccccc3)CC2)c2ccccc21. The minimum atomic E-state index is -0.116. The number of nitrogens with zero attached hydrogens (tertiary/aromatic N) is 2. The van der Waals surface area contributed by atoms with E-state index in [-0.39, 0.29) is 5.92 Å². The van der Waals surface area contributed by atoms with E-state index in [0.29, 0.717) is 0 Å². The fourth-order valence-electron chi connectivity index (χ4n) is 3.76. The molecule has 1 heterocycles. The van der Waals surface area contributed by atoms with Crippen LogP contribution in [0.3, 0.4) is 0 Å². The largest absolute Gasteiger partial charge is 0.371 e. The highest BCUT2D eigenvalue weighted by molar-refractivity contribution is 5.82. The van der Waals surface area contributed by atoms with Crippen molar-refractivity contribution < 1.29 is 0 Å². The van der Waals surface area contributed by atoms with Gasteiger partial charge >= 0.3 is 0 Å². The van der Waals surface area contributed by atoms with Crippen LogP contribution in [0.15, 0.2) is 72.3 Å². The Morgan fingerprint density at radius 3 is 2.38 bits per heavy atom. The smallest absolute Gasteiger partial charge is 0.0902 e. The van der Waals surface area contributed by atoms with Crippen molar-refractivity contribution in [1.29, 1.82) is 5.26 Å². The molecule has 0 bridgehead atoms. The van der Waals surface area contributed by atoms with Crippen molar-refractivity contribution in [2.75, 3.05) is 18.0 Å². The maximum atomic E-state index is 9.37. The van der Waals surface area contributed by atoms with E-state index in [0.717, 1.165) is 31.5 Å². The highest BCUT2D eigenvalue weighted by atomic mass is 15.1. The number of anilines is 1. The number of para-hydroxylation sites is 1. The first-order chi connectivity index (χ1) is 11.9. The van der Waals surface area contributed by atoms with Gasteiger partial charge < -0.3 is 4.90 Å². The Kier molecular flexibility index (Phi) is 3.92. The van der Waals surface area contributed by atoms with Crippen LogP contribution in [0.1, 0.15) is 29.9 Å². The predicted octanol–water partition coefficient (Wildman–Crippen LogP) is 4.92. The lowest BCUT2D eigenvalue weighted by Gasteiger charge is -2.32. The number of hydrogen-bond acceptors (Lipinski definition) is 2. The van der Waals surface area contributed by atoms with E-state index < -0.39 is 0 Å². The lowest BCUT2D eigenvalue weighted by molar-refractivity contribution is 0.687. The topological polar surface area (TPSA) is 27.0 Å². The number of hydrogen-bond donors (Lipinski definition) is 0. The Morgan fingerprint density at radius 1 is 0.917 bits per heavy atom. The molecule has 118 valence electrons. The van der Waals surface area contributed by atoms with E-state index >= 15 is 0 Å². The summed E-state index contributed by atoms with van der Waals surface area (Å²) in [4.78, 5) is 2.46. The zero-order valence-electron chi connectivity index (χ0n) is 13.7. The molecule has 0 saturated carbocycles. The molecular weight excluding hydrogens is 292 g/mol. The minimum Gasteiger partial charge on any atom is -0.371 e. The number of benzene rings is 2. The molecule has 2 aliphatic rings. The minimum absolute atomic E-state index is 0.116. The second-order valence-electron chi connectivity index (χ2n) is 6.39. The second kappa shape index (κ2) is 6.37. The van der Waals surface area contributed by atoms with Crippen LogP contribution in [0, 0.1) is 11.3 Å². The van der Waals surface area contributed by atoms with Crippen LogP contribution in [0.5, 0.6) is 0 Å². The summed E-state index contributed by atoms with van der Waals surface area (Å²) in [6.07, 6.45) is 6.39. The number of nitriles is 1. The first-order valence-corrected chi connectivity index (χ1v) is 8.56. The van der Waals surface area contributed by atoms with Crippen molar-refractivity contribution in [2.45, 2.75) is 18.8 Å². The van der Waals surface area contributed by atoms with E-state index in [4.69, 9.17) is 0 Å². The number of piperidine rings is 1. The van der Waals surface area contributed by atoms with Crippen molar-refractivity contribution in [1.82, 2.24) is 0 Å². The van der Waals surface area contributed by atoms with Crippen LogP contribution in [-0.4, -0.2) is 13.1 Å². The van der Waals surface area contributed by atoms with Crippen LogP contribution in [-0.2, 0) is 0 Å². The molecule has 24 heavy (non-hydrogen) atoms. The molecule has 0 spiro atoms. The highest BCUT2D eigenvalue weighted by Crippen LogP contribution is 2.37. The van der Waals surface area contributed by atoms with Crippen molar-refractivity contribution in [3.05, 3.63) is 83.4 Å². The van der Waals surface area contributed by atoms with Crippen LogP contribution >= 0.6 is 0 Å². The summed E-state index contributed by atoms with van der Waals surface area (Å²) in [5.41, 5.74) is 6.56. The summed E-state index contributed by atoms with van der Waals surface area (Å²) < 4.78 is 0. The van der Waals surface area contributed by atoms with Gasteiger partial charge in [-0.3, -0.25) is 0 Å². The number of fused-ring (bicyclic) bond motifs is 1. The van der Waals surface area contributed by atoms with Gasteiger partial charge in [0.2, 0.25) is 0 Å². The summed E-state index contributed by atoms with van der Waals surface area (Å²) in [5, 5.41) is 9.37. The average Bonchev–Trinajstić information content (AvgIpc) is 2.68. The van der Waals surface area contributed by atoms with Gasteiger partial charge in [-0.2, -0.15) is 5.26 Å². The van der Waals surface area contributed by atoms with Crippen LogP contribution in [0.2, 0.25) is 0 Å². The van der Waals surface area contributed by atoms with Crippen molar-refractivity contribution in [3.63, 3.8) is 0 Å². The van der Waals surface area contributed by atoms with Gasteiger partial charge in [-0.25, -0.2) is 0 Å². The third-order valence-corrected chi connectivity index (χ3v) is 5.05. The standard InChI is InChI=1S/C22H20N2/c23-16-18-10-11-21(22-9-5-4-8-20(18)22)17-12-14-24(15-13-17)19-6-2-1-3-7-19/h1-11,18H,12-15H2. The first-order valence-electron chi connectivity index (χ1n) is 8.56. The van der Waals surface area contributed by atoms with Gasteiger partial charge in [-0.15, -0.1) is 0 Å². The molecule has 0 amide bonds. The molecule has 1 fully saturated rings. The van der Waals surface area contributed by atoms with E-state index in [1.165, 1.54) is 22.4 Å². The molecule has 2 aromatic rings. The summed E-state index contributed by atoms with van der Waals surface area (Å²) in [6, 6.07) is 21.4. The first kappa shape index (κ1) is 14.8. The molecule has 2 nitrogen and oxygen atoms in total. The van der Waals surface area contributed by atoms with Gasteiger partial charge in [0.05, 0.1) is 12.0 Å². The Bertz CT molecular complexity index is 830. The maximum absolute atomic E-state index is 9.37. The average molecular weight is 312 g/mol. The molecule has 1 aliphatic carbocycles. The molecule has 1 aliphatic heterocycles. The Labute approximate surface area is 143 Å². The van der Waals surface area contributed by atoms with Crippen molar-refractivity contribution >= 4 is 11.3 Å².